The normalized spacial score (nSPS) is 17.6. The van der Waals surface area contributed by atoms with Crippen molar-refractivity contribution >= 4 is 28.6 Å². The van der Waals surface area contributed by atoms with Gasteiger partial charge in [0.2, 0.25) is 11.8 Å². The molecule has 1 aliphatic heterocycles. The van der Waals surface area contributed by atoms with Crippen LogP contribution in [0.2, 0.25) is 0 Å². The van der Waals surface area contributed by atoms with E-state index in [1.54, 1.807) is 13.2 Å². The van der Waals surface area contributed by atoms with E-state index in [4.69, 9.17) is 4.74 Å². The zero-order valence-electron chi connectivity index (χ0n) is 24.8. The van der Waals surface area contributed by atoms with Crippen LogP contribution in [0.4, 0.5) is 0 Å². The lowest BCUT2D eigenvalue weighted by Gasteiger charge is -2.40. The van der Waals surface area contributed by atoms with Crippen LogP contribution in [0, 0.1) is 0 Å². The summed E-state index contributed by atoms with van der Waals surface area (Å²) in [6, 6.07) is 15.0. The third-order valence-electron chi connectivity index (χ3n) is 8.76. The largest absolute Gasteiger partial charge is 0.496 e. The van der Waals surface area contributed by atoms with Crippen molar-refractivity contribution in [2.75, 3.05) is 39.8 Å². The molecule has 9 nitrogen and oxygen atoms in total. The van der Waals surface area contributed by atoms with E-state index in [1.807, 2.05) is 48.7 Å². The maximum absolute atomic E-state index is 14.0. The number of aromatic amines is 1. The summed E-state index contributed by atoms with van der Waals surface area (Å²) < 4.78 is 5.46. The molecule has 3 amide bonds. The Balaban J connectivity index is 1.30. The Morgan fingerprint density at radius 3 is 2.43 bits per heavy atom. The van der Waals surface area contributed by atoms with E-state index in [0.29, 0.717) is 11.8 Å². The van der Waals surface area contributed by atoms with Crippen LogP contribution < -0.4 is 10.1 Å². The lowest BCUT2D eigenvalue weighted by atomic mass is 9.94. The molecular formula is C33H43N5O4. The fourth-order valence-electron chi connectivity index (χ4n) is 6.43. The van der Waals surface area contributed by atoms with Crippen LogP contribution in [-0.4, -0.2) is 89.3 Å². The summed E-state index contributed by atoms with van der Waals surface area (Å²) in [5, 5.41) is 4.00. The maximum atomic E-state index is 14.0. The minimum atomic E-state index is -0.904. The summed E-state index contributed by atoms with van der Waals surface area (Å²) in [6.45, 7) is 5.25. The van der Waals surface area contributed by atoms with Gasteiger partial charge < -0.3 is 15.0 Å². The van der Waals surface area contributed by atoms with Gasteiger partial charge in [-0.2, -0.15) is 0 Å². The quantitative estimate of drug-likeness (QED) is 0.384. The molecule has 1 unspecified atom stereocenters. The Labute approximate surface area is 248 Å². The molecular weight excluding hydrogens is 530 g/mol. The summed E-state index contributed by atoms with van der Waals surface area (Å²) in [4.78, 5) is 49.4. The number of para-hydroxylation sites is 2. The van der Waals surface area contributed by atoms with E-state index >= 15 is 0 Å². The van der Waals surface area contributed by atoms with Gasteiger partial charge in [0.25, 0.3) is 5.91 Å². The number of nitrogens with zero attached hydrogens (tertiary/aromatic N) is 3. The molecule has 0 radical (unpaired) electrons. The van der Waals surface area contributed by atoms with Gasteiger partial charge in [0, 0.05) is 68.2 Å². The van der Waals surface area contributed by atoms with Crippen molar-refractivity contribution < 1.29 is 19.1 Å². The van der Waals surface area contributed by atoms with E-state index in [2.05, 4.69) is 20.1 Å². The van der Waals surface area contributed by atoms with Crippen LogP contribution >= 0.6 is 0 Å². The van der Waals surface area contributed by atoms with Crippen LogP contribution in [0.5, 0.6) is 5.75 Å². The second-order valence-electron chi connectivity index (χ2n) is 11.5. The number of nitrogens with one attached hydrogen (secondary N) is 2. The van der Waals surface area contributed by atoms with Crippen molar-refractivity contribution in [2.24, 2.45) is 0 Å². The molecule has 1 atom stereocenters. The van der Waals surface area contributed by atoms with Gasteiger partial charge in [-0.3, -0.25) is 29.1 Å². The molecule has 1 saturated carbocycles. The fraction of sp³-hybridized carbons (Fsp3) is 0.485. The number of fused-ring (bicyclic) bond motifs is 1. The van der Waals surface area contributed by atoms with E-state index in [0.717, 1.165) is 48.2 Å². The predicted octanol–water partition coefficient (Wildman–Crippen LogP) is 3.73. The van der Waals surface area contributed by atoms with Gasteiger partial charge >= 0.3 is 0 Å². The Kier molecular flexibility index (Phi) is 9.92. The van der Waals surface area contributed by atoms with Crippen molar-refractivity contribution in [1.82, 2.24) is 25.0 Å². The minimum absolute atomic E-state index is 0.0571. The molecule has 1 aromatic heterocycles. The molecule has 1 saturated heterocycles. The average molecular weight is 574 g/mol. The molecule has 9 heteroatoms. The molecule has 0 spiro atoms. The highest BCUT2D eigenvalue weighted by Gasteiger charge is 2.31. The summed E-state index contributed by atoms with van der Waals surface area (Å²) >= 11 is 0. The number of carbonyl (C=O) groups excluding carboxylic acids is 3. The zero-order chi connectivity index (χ0) is 29.5. The molecule has 224 valence electrons. The highest BCUT2D eigenvalue weighted by molar-refractivity contribution is 5.99. The molecule has 2 heterocycles. The van der Waals surface area contributed by atoms with Crippen molar-refractivity contribution in [3.05, 3.63) is 65.9 Å². The molecule has 5 rings (SSSR count). The average Bonchev–Trinajstić information content (AvgIpc) is 3.42. The summed E-state index contributed by atoms with van der Waals surface area (Å²) in [5.74, 6) is -0.432. The Morgan fingerprint density at radius 2 is 1.69 bits per heavy atom. The second kappa shape index (κ2) is 14.0. The maximum Gasteiger partial charge on any atom is 0.252 e. The highest BCUT2D eigenvalue weighted by atomic mass is 16.5. The number of rotatable bonds is 10. The lowest BCUT2D eigenvalue weighted by molar-refractivity contribution is -0.147. The molecule has 1 aliphatic carbocycles. The summed E-state index contributed by atoms with van der Waals surface area (Å²) in [6.07, 6.45) is 8.66. The van der Waals surface area contributed by atoms with Crippen LogP contribution in [0.15, 0.2) is 54.7 Å². The number of ether oxygens (including phenoxy) is 1. The Hall–Kier alpha value is -3.69. The summed E-state index contributed by atoms with van der Waals surface area (Å²) in [7, 11) is 1.56. The van der Waals surface area contributed by atoms with Gasteiger partial charge in [-0.1, -0.05) is 55.7 Å². The number of hydrogen-bond acceptors (Lipinski definition) is 6. The topological polar surface area (TPSA) is 98.0 Å². The molecule has 2 aromatic carbocycles. The molecule has 2 fully saturated rings. The third kappa shape index (κ3) is 7.20. The SMILES string of the molecule is COc1ccccc1CN(C(C)=O)C(=O)C(Cc1c[nH]c2ccccc12)NC(=O)CN1CCN(C2CCCCC2)CC1. The molecule has 3 aromatic rings. The minimum Gasteiger partial charge on any atom is -0.496 e. The van der Waals surface area contributed by atoms with Crippen molar-refractivity contribution in [2.45, 2.75) is 64.1 Å². The smallest absolute Gasteiger partial charge is 0.252 e. The number of aromatic nitrogens is 1. The second-order valence-corrected chi connectivity index (χ2v) is 11.5. The van der Waals surface area contributed by atoms with Gasteiger partial charge in [-0.25, -0.2) is 0 Å². The standard InChI is InChI=1S/C33H43N5O4/c1-24(39)38(22-25-10-6-9-15-31(25)42-2)33(41)30(20-26-21-34-29-14-8-7-13-28(26)29)35-32(40)23-36-16-18-37(19-17-36)27-11-4-3-5-12-27/h6-10,13-15,21,27,30,34H,3-5,11-12,16-20,22-23H2,1-2H3,(H,35,40). The van der Waals surface area contributed by atoms with Gasteiger partial charge in [-0.15, -0.1) is 0 Å². The lowest BCUT2D eigenvalue weighted by Crippen LogP contribution is -2.55. The number of carbonyl (C=O) groups is 3. The number of H-pyrrole nitrogens is 1. The van der Waals surface area contributed by atoms with Gasteiger partial charge in [0.05, 0.1) is 20.2 Å². The van der Waals surface area contributed by atoms with Crippen molar-refractivity contribution in [3.63, 3.8) is 0 Å². The fourth-order valence-corrected chi connectivity index (χ4v) is 6.43. The first-order valence-corrected chi connectivity index (χ1v) is 15.2. The van der Waals surface area contributed by atoms with Crippen LogP contribution in [-0.2, 0) is 27.3 Å². The summed E-state index contributed by atoms with van der Waals surface area (Å²) in [5.41, 5.74) is 2.58. The monoisotopic (exact) mass is 573 g/mol. The van der Waals surface area contributed by atoms with E-state index < -0.39 is 11.9 Å². The first kappa shape index (κ1) is 29.8. The van der Waals surface area contributed by atoms with Crippen molar-refractivity contribution in [1.29, 1.82) is 0 Å². The van der Waals surface area contributed by atoms with E-state index in [9.17, 15) is 14.4 Å². The molecule has 2 N–H and O–H groups in total. The van der Waals surface area contributed by atoms with Crippen LogP contribution in [0.3, 0.4) is 0 Å². The first-order valence-electron chi connectivity index (χ1n) is 15.2. The number of piperazine rings is 1. The number of benzene rings is 2. The van der Waals surface area contributed by atoms with Gasteiger partial charge in [-0.05, 0) is 30.5 Å². The highest BCUT2D eigenvalue weighted by Crippen LogP contribution is 2.24. The number of hydrogen-bond donors (Lipinski definition) is 2. The zero-order valence-corrected chi connectivity index (χ0v) is 24.8. The Morgan fingerprint density at radius 1 is 0.976 bits per heavy atom. The van der Waals surface area contributed by atoms with E-state index in [1.165, 1.54) is 43.9 Å². The molecule has 2 aliphatic rings. The predicted molar refractivity (Wildman–Crippen MR) is 163 cm³/mol. The van der Waals surface area contributed by atoms with Gasteiger partial charge in [0.15, 0.2) is 0 Å². The van der Waals surface area contributed by atoms with Gasteiger partial charge in [0.1, 0.15) is 11.8 Å². The number of imide groups is 1. The van der Waals surface area contributed by atoms with E-state index in [-0.39, 0.29) is 31.3 Å². The number of methoxy groups -OCH3 is 1. The van der Waals surface area contributed by atoms with Crippen molar-refractivity contribution in [3.8, 4) is 5.75 Å². The molecule has 42 heavy (non-hydrogen) atoms. The van der Waals surface area contributed by atoms with Crippen LogP contribution in [0.1, 0.15) is 50.2 Å². The third-order valence-corrected chi connectivity index (χ3v) is 8.76. The Bertz CT molecular complexity index is 1370. The molecule has 0 bridgehead atoms. The first-order chi connectivity index (χ1) is 20.4. The van der Waals surface area contributed by atoms with Crippen LogP contribution in [0.25, 0.3) is 10.9 Å². The number of amides is 3.